The van der Waals surface area contributed by atoms with E-state index in [2.05, 4.69) is 10.3 Å². The van der Waals surface area contributed by atoms with E-state index < -0.39 is 39.4 Å². The van der Waals surface area contributed by atoms with Gasteiger partial charge in [-0.2, -0.15) is 13.2 Å². The fourth-order valence-electron chi connectivity index (χ4n) is 3.92. The monoisotopic (exact) mass is 595 g/mol. The number of anilines is 1. The van der Waals surface area contributed by atoms with Crippen LogP contribution in [0.1, 0.15) is 34.5 Å². The van der Waals surface area contributed by atoms with Gasteiger partial charge in [-0.15, -0.1) is 0 Å². The predicted octanol–water partition coefficient (Wildman–Crippen LogP) is 6.69. The molecule has 0 aliphatic rings. The maximum atomic E-state index is 13.9. The van der Waals surface area contributed by atoms with Crippen LogP contribution in [0.25, 0.3) is 11.4 Å². The van der Waals surface area contributed by atoms with E-state index in [1.165, 1.54) is 43.6 Å². The highest BCUT2D eigenvalue weighted by Gasteiger charge is 2.32. The van der Waals surface area contributed by atoms with E-state index in [0.29, 0.717) is 11.8 Å². The zero-order valence-corrected chi connectivity index (χ0v) is 22.8. The Bertz CT molecular complexity index is 1700. The third-order valence-corrected chi connectivity index (χ3v) is 7.17. The highest BCUT2D eigenvalue weighted by molar-refractivity contribution is 7.90. The zero-order chi connectivity index (χ0) is 29.4. The molecule has 0 aliphatic carbocycles. The van der Waals surface area contributed by atoms with Crippen molar-refractivity contribution in [2.75, 3.05) is 11.6 Å². The fourth-order valence-corrected chi connectivity index (χ4v) is 4.91. The summed E-state index contributed by atoms with van der Waals surface area (Å²) in [6.45, 7) is 1.48. The van der Waals surface area contributed by atoms with E-state index in [-0.39, 0.29) is 38.2 Å². The molecular formula is C27H22ClF4N3O4S. The number of aryl methyl sites for hydroxylation is 1. The summed E-state index contributed by atoms with van der Waals surface area (Å²) in [7, 11) is -1.92. The Labute approximate surface area is 232 Å². The topological polar surface area (TPSA) is 90.3 Å². The van der Waals surface area contributed by atoms with Crippen molar-refractivity contribution in [3.05, 3.63) is 94.5 Å². The number of carbonyl (C=O) groups excluding carboxylic acids is 1. The van der Waals surface area contributed by atoms with Gasteiger partial charge >= 0.3 is 6.18 Å². The van der Waals surface area contributed by atoms with Crippen LogP contribution in [0.15, 0.2) is 71.9 Å². The summed E-state index contributed by atoms with van der Waals surface area (Å²) in [6.07, 6.45) is -1.70. The molecule has 4 rings (SSSR count). The number of nitrogens with zero attached hydrogens (tertiary/aromatic N) is 2. The van der Waals surface area contributed by atoms with Gasteiger partial charge in [0, 0.05) is 36.4 Å². The second kappa shape index (κ2) is 10.9. The molecule has 13 heteroatoms. The minimum Gasteiger partial charge on any atom is -0.484 e. The van der Waals surface area contributed by atoms with Crippen LogP contribution >= 0.6 is 11.6 Å². The van der Waals surface area contributed by atoms with Crippen molar-refractivity contribution in [2.24, 2.45) is 7.05 Å². The number of benzene rings is 2. The molecule has 0 saturated heterocycles. The Hall–Kier alpha value is -3.90. The van der Waals surface area contributed by atoms with Crippen LogP contribution in [0, 0.1) is 5.82 Å². The van der Waals surface area contributed by atoms with Crippen molar-refractivity contribution in [3.63, 3.8) is 0 Å². The summed E-state index contributed by atoms with van der Waals surface area (Å²) in [5.41, 5.74) is -0.0678. The van der Waals surface area contributed by atoms with Crippen LogP contribution in [0.2, 0.25) is 5.02 Å². The fraction of sp³-hybridized carbons (Fsp3) is 0.185. The molecule has 0 bridgehead atoms. The van der Waals surface area contributed by atoms with Gasteiger partial charge in [-0.3, -0.25) is 9.78 Å². The van der Waals surface area contributed by atoms with Gasteiger partial charge in [-0.1, -0.05) is 11.6 Å². The molecule has 7 nitrogen and oxygen atoms in total. The van der Waals surface area contributed by atoms with Gasteiger partial charge < -0.3 is 14.6 Å². The third-order valence-electron chi connectivity index (χ3n) is 5.86. The molecule has 2 aromatic carbocycles. The molecule has 2 aromatic heterocycles. The number of rotatable bonds is 7. The van der Waals surface area contributed by atoms with Crippen molar-refractivity contribution in [1.29, 1.82) is 0 Å². The molecule has 0 saturated carbocycles. The molecule has 0 fully saturated rings. The van der Waals surface area contributed by atoms with Gasteiger partial charge in [-0.25, -0.2) is 12.8 Å². The van der Waals surface area contributed by atoms with E-state index in [9.17, 15) is 30.8 Å². The summed E-state index contributed by atoms with van der Waals surface area (Å²) >= 11 is 6.02. The van der Waals surface area contributed by atoms with Crippen LogP contribution in [-0.4, -0.2) is 30.1 Å². The maximum Gasteiger partial charge on any atom is 0.416 e. The maximum absolute atomic E-state index is 13.9. The quantitative estimate of drug-likeness (QED) is 0.240. The predicted molar refractivity (Wildman–Crippen MR) is 142 cm³/mol. The number of hydrogen-bond acceptors (Lipinski definition) is 5. The number of carbonyl (C=O) groups is 1. The molecule has 0 spiro atoms. The van der Waals surface area contributed by atoms with Gasteiger partial charge in [0.25, 0.3) is 5.91 Å². The lowest BCUT2D eigenvalue weighted by Crippen LogP contribution is -2.11. The van der Waals surface area contributed by atoms with Crippen molar-refractivity contribution in [3.8, 4) is 17.1 Å². The number of sulfone groups is 1. The molecule has 210 valence electrons. The number of halogens is 5. The Kier molecular flexibility index (Phi) is 7.95. The lowest BCUT2D eigenvalue weighted by atomic mass is 10.1. The second-order valence-corrected chi connectivity index (χ2v) is 11.5. The average Bonchev–Trinajstić information content (AvgIpc) is 3.24. The first-order valence-corrected chi connectivity index (χ1v) is 13.9. The standard InChI is InChI=1S/C27H22ClF4N3O4S/c1-15(16-7-18(27(30,31)32)10-20(29)8-16)39-24-5-4-6-33-25(24)23-9-17(14-35(23)2)26(36)34-21-11-19(28)12-22(13-21)40(3,37)38/h4-15H,1-3H3,(H,34,36). The summed E-state index contributed by atoms with van der Waals surface area (Å²) < 4.78 is 84.8. The molecule has 0 radical (unpaired) electrons. The Morgan fingerprint density at radius 1 is 1.12 bits per heavy atom. The molecular weight excluding hydrogens is 574 g/mol. The average molecular weight is 596 g/mol. The van der Waals surface area contributed by atoms with E-state index in [1.807, 2.05) is 0 Å². The van der Waals surface area contributed by atoms with Crippen LogP contribution in [0.3, 0.4) is 0 Å². The van der Waals surface area contributed by atoms with Crippen LogP contribution in [-0.2, 0) is 23.1 Å². The van der Waals surface area contributed by atoms with Crippen LogP contribution in [0.4, 0.5) is 23.2 Å². The van der Waals surface area contributed by atoms with E-state index in [1.54, 1.807) is 23.7 Å². The first-order chi connectivity index (χ1) is 18.6. The molecule has 1 atom stereocenters. The molecule has 4 aromatic rings. The number of alkyl halides is 3. The third kappa shape index (κ3) is 6.62. The largest absolute Gasteiger partial charge is 0.484 e. The Balaban J connectivity index is 1.61. The lowest BCUT2D eigenvalue weighted by molar-refractivity contribution is -0.137. The van der Waals surface area contributed by atoms with E-state index in [4.69, 9.17) is 16.3 Å². The van der Waals surface area contributed by atoms with E-state index in [0.717, 1.165) is 18.4 Å². The second-order valence-electron chi connectivity index (χ2n) is 9.01. The Morgan fingerprint density at radius 2 is 1.85 bits per heavy atom. The van der Waals surface area contributed by atoms with Crippen LogP contribution < -0.4 is 10.1 Å². The SMILES string of the molecule is CC(Oc1cccnc1-c1cc(C(=O)Nc2cc(Cl)cc(S(C)(=O)=O)c2)cn1C)c1cc(F)cc(C(F)(F)F)c1. The van der Waals surface area contributed by atoms with E-state index >= 15 is 0 Å². The number of amides is 1. The number of ether oxygens (including phenoxy) is 1. The highest BCUT2D eigenvalue weighted by atomic mass is 35.5. The molecule has 1 unspecified atom stereocenters. The molecule has 1 N–H and O–H groups in total. The number of pyridine rings is 1. The van der Waals surface area contributed by atoms with Gasteiger partial charge in [0.2, 0.25) is 0 Å². The number of aromatic nitrogens is 2. The normalized spacial score (nSPS) is 12.7. The smallest absolute Gasteiger partial charge is 0.416 e. The lowest BCUT2D eigenvalue weighted by Gasteiger charge is -2.19. The van der Waals surface area contributed by atoms with Crippen molar-refractivity contribution in [1.82, 2.24) is 9.55 Å². The minimum atomic E-state index is -4.73. The minimum absolute atomic E-state index is 0.0240. The van der Waals surface area contributed by atoms with Gasteiger partial charge in [0.05, 0.1) is 21.7 Å². The molecule has 2 heterocycles. The first kappa shape index (κ1) is 29.1. The summed E-state index contributed by atoms with van der Waals surface area (Å²) in [5.74, 6) is -1.42. The van der Waals surface area contributed by atoms with Gasteiger partial charge in [0.1, 0.15) is 23.4 Å². The van der Waals surface area contributed by atoms with Crippen LogP contribution in [0.5, 0.6) is 5.75 Å². The zero-order valence-electron chi connectivity index (χ0n) is 21.3. The summed E-state index contributed by atoms with van der Waals surface area (Å²) in [6, 6.07) is 10.8. The van der Waals surface area contributed by atoms with Gasteiger partial charge in [-0.05, 0) is 67.1 Å². The van der Waals surface area contributed by atoms with Crippen molar-refractivity contribution < 1.29 is 35.5 Å². The van der Waals surface area contributed by atoms with Crippen molar-refractivity contribution >= 4 is 33.0 Å². The summed E-state index contributed by atoms with van der Waals surface area (Å²) in [5, 5.41) is 2.74. The highest BCUT2D eigenvalue weighted by Crippen LogP contribution is 2.35. The molecule has 1 amide bonds. The molecule has 0 aliphatic heterocycles. The summed E-state index contributed by atoms with van der Waals surface area (Å²) in [4.78, 5) is 17.2. The first-order valence-electron chi connectivity index (χ1n) is 11.6. The number of nitrogens with one attached hydrogen (secondary N) is 1. The molecule has 40 heavy (non-hydrogen) atoms. The number of hydrogen-bond donors (Lipinski definition) is 1. The van der Waals surface area contributed by atoms with Gasteiger partial charge in [0.15, 0.2) is 9.84 Å². The Morgan fingerprint density at radius 3 is 2.52 bits per heavy atom. The van der Waals surface area contributed by atoms with Crippen molar-refractivity contribution in [2.45, 2.75) is 24.1 Å².